The average Bonchev–Trinajstić information content (AvgIpc) is 2.87. The molecule has 36 heavy (non-hydrogen) atoms. The van der Waals surface area contributed by atoms with Crippen LogP contribution in [0.2, 0.25) is 0 Å². The number of nitrogens with zero attached hydrogens (tertiary/aromatic N) is 2. The number of benzene rings is 1. The second-order valence-corrected chi connectivity index (χ2v) is 10.5. The molecule has 0 N–H and O–H groups in total. The molecule has 2 aliphatic heterocycles. The van der Waals surface area contributed by atoms with E-state index in [0.29, 0.717) is 56.2 Å². The number of hydrogen-bond donors (Lipinski definition) is 0. The van der Waals surface area contributed by atoms with Gasteiger partial charge in [-0.05, 0) is 58.6 Å². The van der Waals surface area contributed by atoms with E-state index in [1.807, 2.05) is 32.9 Å². The highest BCUT2D eigenvalue weighted by Crippen LogP contribution is 2.29. The van der Waals surface area contributed by atoms with Gasteiger partial charge < -0.3 is 19.1 Å². The second kappa shape index (κ2) is 11.4. The highest BCUT2D eigenvalue weighted by molar-refractivity contribution is 5.97. The Bertz CT molecular complexity index is 1070. The summed E-state index contributed by atoms with van der Waals surface area (Å²) in [6.07, 6.45) is 2.63. The molecule has 8 heteroatoms. The van der Waals surface area contributed by atoms with Crippen LogP contribution in [0.4, 0.5) is 9.18 Å². The summed E-state index contributed by atoms with van der Waals surface area (Å²) in [6.45, 7) is 7.96. The van der Waals surface area contributed by atoms with Crippen LogP contribution in [-0.2, 0) is 16.1 Å². The number of likely N-dealkylation sites (tertiary alicyclic amines) is 1. The van der Waals surface area contributed by atoms with Gasteiger partial charge in [0, 0.05) is 61.0 Å². The molecule has 0 bridgehead atoms. The van der Waals surface area contributed by atoms with Gasteiger partial charge in [-0.3, -0.25) is 4.79 Å². The molecule has 0 atom stereocenters. The Morgan fingerprint density at radius 2 is 1.81 bits per heavy atom. The van der Waals surface area contributed by atoms with Crippen molar-refractivity contribution in [3.63, 3.8) is 0 Å². The van der Waals surface area contributed by atoms with Gasteiger partial charge in [-0.1, -0.05) is 18.2 Å². The maximum absolute atomic E-state index is 14.7. The van der Waals surface area contributed by atoms with Crippen molar-refractivity contribution in [1.29, 1.82) is 0 Å². The summed E-state index contributed by atoms with van der Waals surface area (Å²) in [5, 5.41) is 0. The van der Waals surface area contributed by atoms with Crippen LogP contribution in [0.3, 0.4) is 0 Å². The number of amides is 1. The number of carbonyl (C=O) groups is 2. The lowest BCUT2D eigenvalue weighted by Gasteiger charge is -2.33. The molecular formula is C28H35FN2O5. The van der Waals surface area contributed by atoms with Gasteiger partial charge in [-0.25, -0.2) is 14.2 Å². The van der Waals surface area contributed by atoms with Crippen LogP contribution >= 0.6 is 0 Å². The third-order valence-corrected chi connectivity index (χ3v) is 6.62. The highest BCUT2D eigenvalue weighted by atomic mass is 19.1. The first-order chi connectivity index (χ1) is 17.2. The Kier molecular flexibility index (Phi) is 8.24. The molecule has 1 aromatic carbocycles. The Hall–Kier alpha value is -3.00. The van der Waals surface area contributed by atoms with E-state index in [2.05, 4.69) is 4.98 Å². The van der Waals surface area contributed by atoms with Crippen molar-refractivity contribution in [2.75, 3.05) is 26.3 Å². The second-order valence-electron chi connectivity index (χ2n) is 10.5. The molecule has 194 valence electrons. The van der Waals surface area contributed by atoms with Gasteiger partial charge in [0.1, 0.15) is 18.0 Å². The van der Waals surface area contributed by atoms with Gasteiger partial charge in [0.25, 0.3) is 0 Å². The summed E-state index contributed by atoms with van der Waals surface area (Å²) in [5.41, 5.74) is 1.15. The number of pyridine rings is 1. The number of piperidine rings is 1. The molecule has 1 amide bonds. The fourth-order valence-corrected chi connectivity index (χ4v) is 4.59. The Morgan fingerprint density at radius 3 is 2.47 bits per heavy atom. The van der Waals surface area contributed by atoms with Crippen molar-refractivity contribution in [2.45, 2.75) is 64.6 Å². The van der Waals surface area contributed by atoms with Crippen molar-refractivity contribution < 1.29 is 28.2 Å². The van der Waals surface area contributed by atoms with Crippen molar-refractivity contribution in [1.82, 2.24) is 9.88 Å². The number of ether oxygens (including phenoxy) is 3. The molecule has 7 nitrogen and oxygen atoms in total. The maximum Gasteiger partial charge on any atom is 0.410 e. The Labute approximate surface area is 211 Å². The molecule has 0 unspecified atom stereocenters. The van der Waals surface area contributed by atoms with E-state index in [-0.39, 0.29) is 30.3 Å². The zero-order valence-electron chi connectivity index (χ0n) is 21.3. The van der Waals surface area contributed by atoms with Crippen molar-refractivity contribution in [2.24, 2.45) is 5.92 Å². The summed E-state index contributed by atoms with van der Waals surface area (Å²) < 4.78 is 31.3. The molecule has 0 radical (unpaired) electrons. The zero-order chi connectivity index (χ0) is 25.7. The van der Waals surface area contributed by atoms with Crippen LogP contribution in [0.25, 0.3) is 0 Å². The van der Waals surface area contributed by atoms with Gasteiger partial charge in [0.15, 0.2) is 5.78 Å². The molecular weight excluding hydrogens is 463 g/mol. The minimum Gasteiger partial charge on any atom is -0.473 e. The number of ketones is 1. The lowest BCUT2D eigenvalue weighted by Crippen LogP contribution is -2.41. The number of Topliss-reactive ketones (excluding diaryl/α,β-unsaturated/α-hetero) is 1. The summed E-state index contributed by atoms with van der Waals surface area (Å²) in [5.74, 6) is 0.0295. The monoisotopic (exact) mass is 498 g/mol. The third kappa shape index (κ3) is 6.81. The third-order valence-electron chi connectivity index (χ3n) is 6.62. The predicted molar refractivity (Wildman–Crippen MR) is 133 cm³/mol. The number of aromatic nitrogens is 1. The molecule has 0 spiro atoms. The summed E-state index contributed by atoms with van der Waals surface area (Å²) in [7, 11) is 0. The van der Waals surface area contributed by atoms with Crippen LogP contribution in [0.5, 0.6) is 5.88 Å². The number of carbonyl (C=O) groups excluding carboxylic acids is 2. The van der Waals surface area contributed by atoms with Gasteiger partial charge in [0.2, 0.25) is 5.88 Å². The minimum atomic E-state index is -0.513. The van der Waals surface area contributed by atoms with E-state index >= 15 is 0 Å². The largest absolute Gasteiger partial charge is 0.473 e. The SMILES string of the molecule is CC(C)(C)OC(=O)N1CCC(c2cccc(OCc3ccc(C(=O)C4CCOCC4)cc3F)n2)CC1. The first kappa shape index (κ1) is 26.1. The normalized spacial score (nSPS) is 17.6. The van der Waals surface area contributed by atoms with Gasteiger partial charge in [0.05, 0.1) is 0 Å². The standard InChI is InChI=1S/C28H35FN2O5/c1-28(2,3)36-27(33)31-13-9-19(10-14-31)24-5-4-6-25(30-24)35-18-22-8-7-21(17-23(22)29)26(32)20-11-15-34-16-12-20/h4-8,17,19-20H,9-16,18H2,1-3H3. The number of halogens is 1. The fraction of sp³-hybridized carbons (Fsp3) is 0.536. The van der Waals surface area contributed by atoms with E-state index in [0.717, 1.165) is 18.5 Å². The summed E-state index contributed by atoms with van der Waals surface area (Å²) in [6, 6.07) is 10.2. The molecule has 4 rings (SSSR count). The average molecular weight is 499 g/mol. The molecule has 0 aliphatic carbocycles. The van der Waals surface area contributed by atoms with E-state index in [1.54, 1.807) is 23.1 Å². The summed E-state index contributed by atoms with van der Waals surface area (Å²) in [4.78, 5) is 31.3. The van der Waals surface area contributed by atoms with Crippen LogP contribution in [0.15, 0.2) is 36.4 Å². The van der Waals surface area contributed by atoms with Crippen molar-refractivity contribution in [3.8, 4) is 5.88 Å². The predicted octanol–water partition coefficient (Wildman–Crippen LogP) is 5.52. The summed E-state index contributed by atoms with van der Waals surface area (Å²) >= 11 is 0. The van der Waals surface area contributed by atoms with Gasteiger partial charge >= 0.3 is 6.09 Å². The lowest BCUT2D eigenvalue weighted by atomic mass is 9.90. The Morgan fingerprint density at radius 1 is 1.08 bits per heavy atom. The number of hydrogen-bond acceptors (Lipinski definition) is 6. The van der Waals surface area contributed by atoms with Gasteiger partial charge in [-0.15, -0.1) is 0 Å². The van der Waals surface area contributed by atoms with Gasteiger partial charge in [-0.2, -0.15) is 0 Å². The topological polar surface area (TPSA) is 78.0 Å². The first-order valence-electron chi connectivity index (χ1n) is 12.7. The quantitative estimate of drug-likeness (QED) is 0.488. The Balaban J connectivity index is 1.32. The number of rotatable bonds is 6. The molecule has 2 fully saturated rings. The van der Waals surface area contributed by atoms with E-state index in [1.165, 1.54) is 6.07 Å². The molecule has 3 heterocycles. The van der Waals surface area contributed by atoms with Crippen LogP contribution < -0.4 is 4.74 Å². The fourth-order valence-electron chi connectivity index (χ4n) is 4.59. The van der Waals surface area contributed by atoms with E-state index in [9.17, 15) is 14.0 Å². The highest BCUT2D eigenvalue weighted by Gasteiger charge is 2.28. The molecule has 1 aromatic heterocycles. The van der Waals surface area contributed by atoms with Crippen LogP contribution in [0, 0.1) is 11.7 Å². The van der Waals surface area contributed by atoms with E-state index < -0.39 is 11.4 Å². The van der Waals surface area contributed by atoms with Crippen LogP contribution in [-0.4, -0.2) is 53.7 Å². The molecule has 2 aliphatic rings. The molecule has 0 saturated carbocycles. The van der Waals surface area contributed by atoms with E-state index in [4.69, 9.17) is 14.2 Å². The van der Waals surface area contributed by atoms with Crippen LogP contribution in [0.1, 0.15) is 74.0 Å². The first-order valence-corrected chi connectivity index (χ1v) is 12.7. The van der Waals surface area contributed by atoms with Crippen molar-refractivity contribution in [3.05, 3.63) is 59.0 Å². The smallest absolute Gasteiger partial charge is 0.410 e. The maximum atomic E-state index is 14.7. The molecule has 2 aromatic rings. The molecule has 2 saturated heterocycles. The zero-order valence-corrected chi connectivity index (χ0v) is 21.3. The lowest BCUT2D eigenvalue weighted by molar-refractivity contribution is 0.0203. The minimum absolute atomic E-state index is 0.0190. The van der Waals surface area contributed by atoms with Crippen molar-refractivity contribution >= 4 is 11.9 Å².